The van der Waals surface area contributed by atoms with Gasteiger partial charge < -0.3 is 14.7 Å². The fourth-order valence-corrected chi connectivity index (χ4v) is 1.25. The summed E-state index contributed by atoms with van der Waals surface area (Å²) in [6.07, 6.45) is -4.05. The first kappa shape index (κ1) is 12.9. The van der Waals surface area contributed by atoms with Gasteiger partial charge in [0.05, 0.1) is 5.56 Å². The predicted molar refractivity (Wildman–Crippen MR) is 51.6 cm³/mol. The molecule has 0 aliphatic carbocycles. The lowest BCUT2D eigenvalue weighted by Crippen LogP contribution is -2.21. The molecule has 1 rings (SSSR count). The van der Waals surface area contributed by atoms with Crippen LogP contribution in [0, 0.1) is 0 Å². The van der Waals surface area contributed by atoms with E-state index in [4.69, 9.17) is 10.0 Å². The van der Waals surface area contributed by atoms with Crippen molar-refractivity contribution in [3.8, 4) is 5.75 Å². The summed E-state index contributed by atoms with van der Waals surface area (Å²) in [5.74, 6) is -0.174. The number of halogens is 3. The molecule has 0 amide bonds. The van der Waals surface area contributed by atoms with E-state index in [1.165, 1.54) is 6.07 Å². The minimum atomic E-state index is -4.48. The van der Waals surface area contributed by atoms with Crippen molar-refractivity contribution in [2.75, 3.05) is 0 Å². The Hall–Kier alpha value is -1.21. The summed E-state index contributed by atoms with van der Waals surface area (Å²) in [5.41, 5.74) is -0.415. The molecule has 88 valence electrons. The molecule has 0 aromatic heterocycles. The van der Waals surface area contributed by atoms with Gasteiger partial charge in [0, 0.05) is 0 Å². The Morgan fingerprint density at radius 1 is 1.31 bits per heavy atom. The number of rotatable bonds is 3. The van der Waals surface area contributed by atoms with Crippen molar-refractivity contribution in [3.05, 3.63) is 29.3 Å². The van der Waals surface area contributed by atoms with Crippen molar-refractivity contribution in [1.82, 2.24) is 0 Å². The van der Waals surface area contributed by atoms with Crippen LogP contribution in [0.15, 0.2) is 18.2 Å². The van der Waals surface area contributed by atoms with Gasteiger partial charge >= 0.3 is 13.5 Å². The van der Waals surface area contributed by atoms with Gasteiger partial charge in [-0.2, -0.15) is 13.2 Å². The van der Waals surface area contributed by atoms with E-state index in [0.29, 0.717) is 12.0 Å². The lowest BCUT2D eigenvalue weighted by molar-refractivity contribution is -0.137. The van der Waals surface area contributed by atoms with E-state index < -0.39 is 19.1 Å². The van der Waals surface area contributed by atoms with E-state index in [1.54, 1.807) is 6.92 Å². The number of hydrogen-bond acceptors (Lipinski definition) is 3. The first-order valence-corrected chi connectivity index (χ1v) is 4.57. The maximum absolute atomic E-state index is 12.4. The van der Waals surface area contributed by atoms with Crippen molar-refractivity contribution in [2.45, 2.75) is 19.5 Å². The van der Waals surface area contributed by atoms with Crippen molar-refractivity contribution in [1.29, 1.82) is 0 Å². The van der Waals surface area contributed by atoms with Crippen LogP contribution in [0.5, 0.6) is 5.75 Å². The van der Waals surface area contributed by atoms with Crippen molar-refractivity contribution < 1.29 is 27.9 Å². The zero-order valence-electron chi connectivity index (χ0n) is 8.45. The molecule has 0 bridgehead atoms. The summed E-state index contributed by atoms with van der Waals surface area (Å²) in [6.45, 7) is 1.72. The largest absolute Gasteiger partial charge is 0.707 e. The van der Waals surface area contributed by atoms with E-state index in [9.17, 15) is 13.2 Å². The monoisotopic (exact) mass is 234 g/mol. The summed E-state index contributed by atoms with van der Waals surface area (Å²) >= 11 is 0. The molecular formula is C9H10BF3O3. The predicted octanol–water partition coefficient (Wildman–Crippen LogP) is 1.62. The molecule has 1 aromatic rings. The van der Waals surface area contributed by atoms with Gasteiger partial charge in [-0.1, -0.05) is 13.0 Å². The van der Waals surface area contributed by atoms with Crippen molar-refractivity contribution in [3.63, 3.8) is 0 Å². The van der Waals surface area contributed by atoms with Crippen LogP contribution >= 0.6 is 0 Å². The highest BCUT2D eigenvalue weighted by Crippen LogP contribution is 2.33. The minimum Gasteiger partial charge on any atom is -0.512 e. The van der Waals surface area contributed by atoms with E-state index in [0.717, 1.165) is 12.1 Å². The zero-order valence-corrected chi connectivity index (χ0v) is 8.45. The third-order valence-electron chi connectivity index (χ3n) is 2.01. The second kappa shape index (κ2) is 4.75. The Morgan fingerprint density at radius 3 is 2.38 bits per heavy atom. The molecule has 16 heavy (non-hydrogen) atoms. The Kier molecular flexibility index (Phi) is 3.82. The van der Waals surface area contributed by atoms with Crippen molar-refractivity contribution in [2.24, 2.45) is 0 Å². The Balaban J connectivity index is 3.11. The Labute approximate surface area is 90.7 Å². The zero-order chi connectivity index (χ0) is 12.3. The third-order valence-corrected chi connectivity index (χ3v) is 2.01. The molecule has 7 heteroatoms. The Bertz CT molecular complexity index is 366. The average molecular weight is 234 g/mol. The van der Waals surface area contributed by atoms with Crippen LogP contribution in [-0.4, -0.2) is 17.4 Å². The molecule has 0 saturated heterocycles. The second-order valence-corrected chi connectivity index (χ2v) is 3.12. The first-order valence-electron chi connectivity index (χ1n) is 4.57. The van der Waals surface area contributed by atoms with E-state index in [2.05, 4.69) is 4.65 Å². The summed E-state index contributed by atoms with van der Waals surface area (Å²) in [4.78, 5) is 0. The van der Waals surface area contributed by atoms with Crippen LogP contribution in [0.1, 0.15) is 18.1 Å². The molecule has 3 nitrogen and oxygen atoms in total. The van der Waals surface area contributed by atoms with Crippen LogP contribution < -0.4 is 4.65 Å². The van der Waals surface area contributed by atoms with Gasteiger partial charge in [-0.15, -0.1) is 0 Å². The highest BCUT2D eigenvalue weighted by atomic mass is 19.4. The molecule has 0 atom stereocenters. The van der Waals surface area contributed by atoms with Crippen LogP contribution in [0.4, 0.5) is 13.2 Å². The first-order chi connectivity index (χ1) is 7.34. The summed E-state index contributed by atoms with van der Waals surface area (Å²) < 4.78 is 41.6. The average Bonchev–Trinajstić information content (AvgIpc) is 2.15. The lowest BCUT2D eigenvalue weighted by atomic mass is 10.1. The van der Waals surface area contributed by atoms with Crippen LogP contribution in [0.2, 0.25) is 0 Å². The lowest BCUT2D eigenvalue weighted by Gasteiger charge is -2.13. The quantitative estimate of drug-likeness (QED) is 0.781. The molecular weight excluding hydrogens is 224 g/mol. The highest BCUT2D eigenvalue weighted by Gasteiger charge is 2.31. The minimum absolute atomic E-state index is 0.174. The van der Waals surface area contributed by atoms with Gasteiger partial charge in [-0.25, -0.2) is 0 Å². The third kappa shape index (κ3) is 3.14. The molecule has 0 heterocycles. The number of benzene rings is 1. The molecule has 0 aliphatic heterocycles. The normalized spacial score (nSPS) is 11.4. The molecule has 0 radical (unpaired) electrons. The summed E-state index contributed by atoms with van der Waals surface area (Å²) in [7, 11) is -2.13. The molecule has 0 saturated carbocycles. The maximum Gasteiger partial charge on any atom is 0.707 e. The van der Waals surface area contributed by atoms with E-state index in [1.807, 2.05) is 0 Å². The summed E-state index contributed by atoms with van der Waals surface area (Å²) in [6, 6.07) is 2.92. The van der Waals surface area contributed by atoms with Gasteiger partial charge in [-0.05, 0) is 24.1 Å². The number of alkyl halides is 3. The molecule has 0 fully saturated rings. The van der Waals surface area contributed by atoms with Gasteiger partial charge in [-0.3, -0.25) is 0 Å². The highest BCUT2D eigenvalue weighted by molar-refractivity contribution is 6.33. The number of hydrogen-bond donors (Lipinski definition) is 2. The standard InChI is InChI=1S/C9H10BF3O3/c1-2-6-3-4-7(9(11,12)13)5-8(6)16-10(14)15/h3-5,14-15H,2H2,1H3. The van der Waals surface area contributed by atoms with Crippen LogP contribution in [-0.2, 0) is 12.6 Å². The Morgan fingerprint density at radius 2 is 1.94 bits per heavy atom. The maximum atomic E-state index is 12.4. The summed E-state index contributed by atoms with van der Waals surface area (Å²) in [5, 5.41) is 17.1. The molecule has 1 aromatic carbocycles. The molecule has 0 unspecified atom stereocenters. The van der Waals surface area contributed by atoms with E-state index in [-0.39, 0.29) is 5.75 Å². The second-order valence-electron chi connectivity index (χ2n) is 3.12. The van der Waals surface area contributed by atoms with Gasteiger partial charge in [0.15, 0.2) is 0 Å². The fourth-order valence-electron chi connectivity index (χ4n) is 1.25. The van der Waals surface area contributed by atoms with Gasteiger partial charge in [0.2, 0.25) is 0 Å². The van der Waals surface area contributed by atoms with E-state index >= 15 is 0 Å². The SMILES string of the molecule is CCc1ccc(C(F)(F)F)cc1OB(O)O. The van der Waals surface area contributed by atoms with Crippen LogP contribution in [0.25, 0.3) is 0 Å². The topological polar surface area (TPSA) is 49.7 Å². The smallest absolute Gasteiger partial charge is 0.512 e. The van der Waals surface area contributed by atoms with Crippen molar-refractivity contribution >= 4 is 7.32 Å². The van der Waals surface area contributed by atoms with Gasteiger partial charge in [0.25, 0.3) is 0 Å². The van der Waals surface area contributed by atoms with Crippen LogP contribution in [0.3, 0.4) is 0 Å². The molecule has 0 aliphatic rings. The molecule has 0 spiro atoms. The number of aryl methyl sites for hydroxylation is 1. The van der Waals surface area contributed by atoms with Gasteiger partial charge in [0.1, 0.15) is 5.75 Å². The fraction of sp³-hybridized carbons (Fsp3) is 0.333. The molecule has 2 N–H and O–H groups in total.